The summed E-state index contributed by atoms with van der Waals surface area (Å²) >= 11 is 1.59. The van der Waals surface area contributed by atoms with Crippen molar-refractivity contribution < 1.29 is 9.15 Å². The molecular weight excluding hydrogens is 248 g/mol. The van der Waals surface area contributed by atoms with E-state index >= 15 is 0 Å². The van der Waals surface area contributed by atoms with Crippen LogP contribution in [0.4, 0.5) is 0 Å². The van der Waals surface area contributed by atoms with Crippen molar-refractivity contribution in [1.29, 1.82) is 0 Å². The number of thioether (sulfide) groups is 1. The molecule has 0 atom stereocenters. The van der Waals surface area contributed by atoms with Crippen LogP contribution in [-0.2, 0) is 0 Å². The monoisotopic (exact) mass is 264 g/mol. The van der Waals surface area contributed by atoms with Crippen LogP contribution in [0.5, 0.6) is 5.75 Å². The van der Waals surface area contributed by atoms with Gasteiger partial charge in [0.25, 0.3) is 11.1 Å². The third-order valence-corrected chi connectivity index (χ3v) is 3.37. The van der Waals surface area contributed by atoms with Gasteiger partial charge in [-0.15, -0.1) is 10.2 Å². The Morgan fingerprint density at radius 3 is 2.89 bits per heavy atom. The van der Waals surface area contributed by atoms with Gasteiger partial charge in [0.15, 0.2) is 0 Å². The molecule has 0 aliphatic rings. The Balaban J connectivity index is 2.13. The lowest BCUT2D eigenvalue weighted by Gasteiger charge is -2.03. The molecule has 2 aromatic rings. The summed E-state index contributed by atoms with van der Waals surface area (Å²) in [7, 11) is 1.63. The van der Waals surface area contributed by atoms with Gasteiger partial charge in [0.05, 0.1) is 12.7 Å². The average molecular weight is 264 g/mol. The summed E-state index contributed by atoms with van der Waals surface area (Å²) in [4.78, 5) is 0. The molecule has 0 N–H and O–H groups in total. The van der Waals surface area contributed by atoms with Crippen molar-refractivity contribution in [3.8, 4) is 17.2 Å². The topological polar surface area (TPSA) is 48.2 Å². The molecule has 1 aromatic carbocycles. The SMILES string of the molecule is CCCCSc1nnc(-c2ccccc2OC)o1. The van der Waals surface area contributed by atoms with Crippen LogP contribution in [-0.4, -0.2) is 23.1 Å². The number of para-hydroxylation sites is 1. The smallest absolute Gasteiger partial charge is 0.276 e. The van der Waals surface area contributed by atoms with Gasteiger partial charge in [0.1, 0.15) is 5.75 Å². The van der Waals surface area contributed by atoms with Crippen molar-refractivity contribution >= 4 is 11.8 Å². The summed E-state index contributed by atoms with van der Waals surface area (Å²) in [5, 5.41) is 8.70. The molecule has 0 bridgehead atoms. The van der Waals surface area contributed by atoms with Crippen LogP contribution in [0, 0.1) is 0 Å². The minimum Gasteiger partial charge on any atom is -0.496 e. The summed E-state index contributed by atoms with van der Waals surface area (Å²) in [6.07, 6.45) is 2.32. The standard InChI is InChI=1S/C13H16N2O2S/c1-3-4-9-18-13-15-14-12(17-13)10-7-5-6-8-11(10)16-2/h5-8H,3-4,9H2,1-2H3. The summed E-state index contributed by atoms with van der Waals surface area (Å²) in [6, 6.07) is 7.62. The van der Waals surface area contributed by atoms with E-state index in [1.54, 1.807) is 18.9 Å². The highest BCUT2D eigenvalue weighted by Crippen LogP contribution is 2.30. The molecule has 0 amide bonds. The second kappa shape index (κ2) is 6.44. The lowest BCUT2D eigenvalue weighted by Crippen LogP contribution is -1.87. The maximum atomic E-state index is 5.62. The third kappa shape index (κ3) is 3.04. The van der Waals surface area contributed by atoms with Crippen LogP contribution in [0.1, 0.15) is 19.8 Å². The van der Waals surface area contributed by atoms with Crippen LogP contribution in [0.15, 0.2) is 33.9 Å². The first-order chi connectivity index (χ1) is 8.85. The van der Waals surface area contributed by atoms with Gasteiger partial charge in [-0.05, 0) is 18.6 Å². The fourth-order valence-corrected chi connectivity index (χ4v) is 2.35. The highest BCUT2D eigenvalue weighted by Gasteiger charge is 2.12. The zero-order chi connectivity index (χ0) is 12.8. The second-order valence-corrected chi connectivity index (χ2v) is 4.82. The summed E-state index contributed by atoms with van der Waals surface area (Å²) in [5.41, 5.74) is 0.829. The second-order valence-electron chi connectivity index (χ2n) is 3.78. The molecule has 0 spiro atoms. The van der Waals surface area contributed by atoms with Gasteiger partial charge in [-0.3, -0.25) is 0 Å². The van der Waals surface area contributed by atoms with Gasteiger partial charge in [0, 0.05) is 5.75 Å². The van der Waals surface area contributed by atoms with E-state index in [2.05, 4.69) is 17.1 Å². The Morgan fingerprint density at radius 2 is 2.11 bits per heavy atom. The van der Waals surface area contributed by atoms with Crippen molar-refractivity contribution in [2.24, 2.45) is 0 Å². The predicted molar refractivity (Wildman–Crippen MR) is 71.9 cm³/mol. The van der Waals surface area contributed by atoms with Crippen molar-refractivity contribution in [2.75, 3.05) is 12.9 Å². The van der Waals surface area contributed by atoms with E-state index in [-0.39, 0.29) is 0 Å². The fourth-order valence-electron chi connectivity index (χ4n) is 1.50. The molecule has 1 aromatic heterocycles. The Bertz CT molecular complexity index is 499. The van der Waals surface area contributed by atoms with Crippen molar-refractivity contribution in [2.45, 2.75) is 25.0 Å². The van der Waals surface area contributed by atoms with Crippen LogP contribution in [0.2, 0.25) is 0 Å². The van der Waals surface area contributed by atoms with Crippen LogP contribution in [0.3, 0.4) is 0 Å². The number of unbranched alkanes of at least 4 members (excludes halogenated alkanes) is 1. The highest BCUT2D eigenvalue weighted by molar-refractivity contribution is 7.99. The molecule has 18 heavy (non-hydrogen) atoms. The van der Waals surface area contributed by atoms with Gasteiger partial charge < -0.3 is 9.15 Å². The molecule has 0 aliphatic heterocycles. The molecule has 5 heteroatoms. The molecule has 1 heterocycles. The van der Waals surface area contributed by atoms with Crippen molar-refractivity contribution in [3.05, 3.63) is 24.3 Å². The number of aromatic nitrogens is 2. The first kappa shape index (κ1) is 13.0. The molecule has 4 nitrogen and oxygen atoms in total. The quantitative estimate of drug-likeness (QED) is 0.589. The normalized spacial score (nSPS) is 10.6. The number of rotatable bonds is 6. The number of benzene rings is 1. The molecule has 96 valence electrons. The molecular formula is C13H16N2O2S. The number of hydrogen-bond donors (Lipinski definition) is 0. The first-order valence-electron chi connectivity index (χ1n) is 5.95. The van der Waals surface area contributed by atoms with E-state index < -0.39 is 0 Å². The third-order valence-electron chi connectivity index (χ3n) is 2.47. The summed E-state index contributed by atoms with van der Waals surface area (Å²) in [6.45, 7) is 2.16. The number of nitrogens with zero attached hydrogens (tertiary/aromatic N) is 2. The molecule has 0 radical (unpaired) electrons. The predicted octanol–water partition coefficient (Wildman–Crippen LogP) is 3.64. The minimum absolute atomic E-state index is 0.506. The van der Waals surface area contributed by atoms with E-state index in [1.807, 2.05) is 24.3 Å². The van der Waals surface area contributed by atoms with Gasteiger partial charge in [0.2, 0.25) is 0 Å². The summed E-state index contributed by atoms with van der Waals surface area (Å²) in [5.74, 6) is 2.25. The Morgan fingerprint density at radius 1 is 1.28 bits per heavy atom. The highest BCUT2D eigenvalue weighted by atomic mass is 32.2. The van der Waals surface area contributed by atoms with Crippen molar-refractivity contribution in [1.82, 2.24) is 10.2 Å². The fraction of sp³-hybridized carbons (Fsp3) is 0.385. The molecule has 0 aliphatic carbocycles. The Hall–Kier alpha value is -1.49. The number of methoxy groups -OCH3 is 1. The van der Waals surface area contributed by atoms with E-state index in [4.69, 9.17) is 9.15 Å². The molecule has 0 unspecified atom stereocenters. The maximum Gasteiger partial charge on any atom is 0.276 e. The summed E-state index contributed by atoms with van der Waals surface area (Å²) < 4.78 is 10.9. The van der Waals surface area contributed by atoms with E-state index in [9.17, 15) is 0 Å². The molecule has 0 saturated carbocycles. The molecule has 0 saturated heterocycles. The van der Waals surface area contributed by atoms with E-state index in [1.165, 1.54) is 6.42 Å². The van der Waals surface area contributed by atoms with Crippen LogP contribution < -0.4 is 4.74 Å². The number of ether oxygens (including phenoxy) is 1. The van der Waals surface area contributed by atoms with E-state index in [0.29, 0.717) is 11.1 Å². The Kier molecular flexibility index (Phi) is 4.64. The van der Waals surface area contributed by atoms with Crippen LogP contribution in [0.25, 0.3) is 11.5 Å². The van der Waals surface area contributed by atoms with Crippen LogP contribution >= 0.6 is 11.8 Å². The number of hydrogen-bond acceptors (Lipinski definition) is 5. The zero-order valence-electron chi connectivity index (χ0n) is 10.5. The van der Waals surface area contributed by atoms with Gasteiger partial charge in [-0.1, -0.05) is 37.2 Å². The first-order valence-corrected chi connectivity index (χ1v) is 6.93. The van der Waals surface area contributed by atoms with Gasteiger partial charge in [-0.25, -0.2) is 0 Å². The lowest BCUT2D eigenvalue weighted by molar-refractivity contribution is 0.411. The maximum absolute atomic E-state index is 5.62. The van der Waals surface area contributed by atoms with Crippen molar-refractivity contribution in [3.63, 3.8) is 0 Å². The van der Waals surface area contributed by atoms with Gasteiger partial charge in [-0.2, -0.15) is 0 Å². The van der Waals surface area contributed by atoms with Gasteiger partial charge >= 0.3 is 0 Å². The largest absolute Gasteiger partial charge is 0.496 e. The minimum atomic E-state index is 0.506. The molecule has 0 fully saturated rings. The molecule has 2 rings (SSSR count). The average Bonchev–Trinajstić information content (AvgIpc) is 2.88. The van der Waals surface area contributed by atoms with E-state index in [0.717, 1.165) is 23.5 Å². The Labute approximate surface area is 111 Å². The zero-order valence-corrected chi connectivity index (χ0v) is 11.4. The lowest BCUT2D eigenvalue weighted by atomic mass is 10.2.